The molecule has 0 aromatic carbocycles. The number of aliphatic hydroxyl groups is 1. The summed E-state index contributed by atoms with van der Waals surface area (Å²) in [4.78, 5) is 13.2. The Kier molecular flexibility index (Phi) is 11.6. The van der Waals surface area contributed by atoms with Crippen molar-refractivity contribution in [3.63, 3.8) is 0 Å². The fourth-order valence-corrected chi connectivity index (χ4v) is 3.93. The van der Waals surface area contributed by atoms with Crippen LogP contribution in [0.5, 0.6) is 0 Å². The lowest BCUT2D eigenvalue weighted by molar-refractivity contribution is -0.117. The summed E-state index contributed by atoms with van der Waals surface area (Å²) < 4.78 is 0. The second kappa shape index (κ2) is 12.9. The maximum absolute atomic E-state index is 10.8. The highest BCUT2D eigenvalue weighted by atomic mass is 16.3. The van der Waals surface area contributed by atoms with Gasteiger partial charge in [0.05, 0.1) is 6.10 Å². The molecule has 3 nitrogen and oxygen atoms in total. The third-order valence-electron chi connectivity index (χ3n) is 5.89. The lowest BCUT2D eigenvalue weighted by Crippen LogP contribution is -2.49. The molecule has 3 atom stereocenters. The number of hydrogen-bond donors (Lipinski definition) is 1. The molecule has 1 saturated heterocycles. The Labute approximate surface area is 150 Å². The Morgan fingerprint density at radius 3 is 1.96 bits per heavy atom. The van der Waals surface area contributed by atoms with E-state index in [4.69, 9.17) is 0 Å². The van der Waals surface area contributed by atoms with Crippen LogP contribution < -0.4 is 0 Å². The van der Waals surface area contributed by atoms with Crippen molar-refractivity contribution in [1.82, 2.24) is 4.90 Å². The normalized spacial score (nSPS) is 25.1. The van der Waals surface area contributed by atoms with Gasteiger partial charge in [-0.3, -0.25) is 4.90 Å². The van der Waals surface area contributed by atoms with Crippen LogP contribution in [0.4, 0.5) is 0 Å². The summed E-state index contributed by atoms with van der Waals surface area (Å²) in [5.41, 5.74) is 0. The molecule has 1 fully saturated rings. The number of carbonyl (C=O) groups is 1. The van der Waals surface area contributed by atoms with Crippen LogP contribution >= 0.6 is 0 Å². The van der Waals surface area contributed by atoms with Gasteiger partial charge in [-0.05, 0) is 46.6 Å². The lowest BCUT2D eigenvalue weighted by atomic mass is 9.91. The zero-order valence-corrected chi connectivity index (χ0v) is 16.4. The number of hydrogen-bond acceptors (Lipinski definition) is 3. The van der Waals surface area contributed by atoms with Gasteiger partial charge in [0, 0.05) is 18.5 Å². The van der Waals surface area contributed by atoms with Crippen LogP contribution in [0, 0.1) is 0 Å². The third-order valence-corrected chi connectivity index (χ3v) is 5.89. The van der Waals surface area contributed by atoms with E-state index in [1.807, 2.05) is 0 Å². The summed E-state index contributed by atoms with van der Waals surface area (Å²) in [5, 5.41) is 9.89. The molecule has 0 radical (unpaired) electrons. The highest BCUT2D eigenvalue weighted by Gasteiger charge is 2.30. The van der Waals surface area contributed by atoms with Crippen molar-refractivity contribution in [3.8, 4) is 0 Å². The molecule has 0 saturated carbocycles. The van der Waals surface area contributed by atoms with Gasteiger partial charge in [0.15, 0.2) is 0 Å². The predicted molar refractivity (Wildman–Crippen MR) is 102 cm³/mol. The topological polar surface area (TPSA) is 40.5 Å². The molecule has 3 unspecified atom stereocenters. The molecule has 24 heavy (non-hydrogen) atoms. The van der Waals surface area contributed by atoms with Crippen LogP contribution in [-0.4, -0.2) is 41.0 Å². The highest BCUT2D eigenvalue weighted by Crippen LogP contribution is 2.25. The molecule has 3 heteroatoms. The number of ketones is 1. The molecule has 0 aromatic rings. The molecule has 1 aliphatic heterocycles. The number of unbranched alkanes of at least 4 members (excludes halogenated alkanes) is 9. The average molecular weight is 340 g/mol. The van der Waals surface area contributed by atoms with E-state index in [2.05, 4.69) is 18.9 Å². The van der Waals surface area contributed by atoms with Gasteiger partial charge < -0.3 is 9.90 Å². The van der Waals surface area contributed by atoms with Crippen LogP contribution in [-0.2, 0) is 4.79 Å². The molecule has 0 amide bonds. The van der Waals surface area contributed by atoms with E-state index in [0.717, 1.165) is 25.7 Å². The summed E-state index contributed by atoms with van der Waals surface area (Å²) in [7, 11) is 2.17. The number of likely N-dealkylation sites (tertiary alicyclic amines) is 1. The molecule has 1 rings (SSSR count). The van der Waals surface area contributed by atoms with Crippen molar-refractivity contribution in [1.29, 1.82) is 0 Å². The second-order valence-electron chi connectivity index (χ2n) is 7.98. The molecular weight excluding hydrogens is 298 g/mol. The van der Waals surface area contributed by atoms with Crippen molar-refractivity contribution in [3.05, 3.63) is 0 Å². The van der Waals surface area contributed by atoms with Gasteiger partial charge in [-0.2, -0.15) is 0 Å². The van der Waals surface area contributed by atoms with Gasteiger partial charge in [0.2, 0.25) is 0 Å². The largest absolute Gasteiger partial charge is 0.392 e. The highest BCUT2D eigenvalue weighted by molar-refractivity contribution is 5.75. The Morgan fingerprint density at radius 1 is 0.917 bits per heavy atom. The fourth-order valence-electron chi connectivity index (χ4n) is 3.93. The van der Waals surface area contributed by atoms with Crippen molar-refractivity contribution < 1.29 is 9.90 Å². The smallest absolute Gasteiger partial charge is 0.129 e. The predicted octanol–water partition coefficient (Wildman–Crippen LogP) is 5.10. The molecule has 0 bridgehead atoms. The molecule has 1 heterocycles. The van der Waals surface area contributed by atoms with Gasteiger partial charge in [-0.15, -0.1) is 0 Å². The molecule has 0 aliphatic carbocycles. The summed E-state index contributed by atoms with van der Waals surface area (Å²) in [6.07, 6.45) is 17.2. The summed E-state index contributed by atoms with van der Waals surface area (Å²) in [6.45, 7) is 3.84. The summed E-state index contributed by atoms with van der Waals surface area (Å²) in [5.74, 6) is 0.333. The molecule has 1 N–H and O–H groups in total. The number of piperidine rings is 1. The molecular formula is C21H41NO2. The lowest BCUT2D eigenvalue weighted by Gasteiger charge is -2.41. The fraction of sp³-hybridized carbons (Fsp3) is 0.952. The molecule has 142 valence electrons. The van der Waals surface area contributed by atoms with Gasteiger partial charge in [-0.1, -0.05) is 57.8 Å². The van der Waals surface area contributed by atoms with Gasteiger partial charge in [-0.25, -0.2) is 0 Å². The first-order chi connectivity index (χ1) is 11.5. The number of Topliss-reactive ketones (excluding diaryl/α,β-unsaturated/α-hetero) is 1. The molecule has 0 aromatic heterocycles. The van der Waals surface area contributed by atoms with Gasteiger partial charge in [0.25, 0.3) is 0 Å². The van der Waals surface area contributed by atoms with Crippen molar-refractivity contribution >= 4 is 5.78 Å². The summed E-state index contributed by atoms with van der Waals surface area (Å²) in [6, 6.07) is 0.998. The monoisotopic (exact) mass is 339 g/mol. The minimum absolute atomic E-state index is 0.131. The van der Waals surface area contributed by atoms with Crippen molar-refractivity contribution in [2.75, 3.05) is 7.05 Å². The average Bonchev–Trinajstić information content (AvgIpc) is 2.55. The van der Waals surface area contributed by atoms with E-state index in [-0.39, 0.29) is 6.10 Å². The van der Waals surface area contributed by atoms with E-state index in [0.29, 0.717) is 17.9 Å². The number of carbonyl (C=O) groups excluding carboxylic acids is 1. The van der Waals surface area contributed by atoms with E-state index in [1.165, 1.54) is 64.2 Å². The summed E-state index contributed by atoms with van der Waals surface area (Å²) >= 11 is 0. The standard InChI is InChI=1S/C21H41NO2/c1-18(23)14-12-10-8-6-4-5-7-9-11-13-15-20-16-17-21(24)19(2)22(20)3/h19-21,24H,4-17H2,1-3H3. The Balaban J connectivity index is 1.86. The SMILES string of the molecule is CC(=O)CCCCCCCCCCCCC1CCC(O)C(C)N1C. The second-order valence-corrected chi connectivity index (χ2v) is 7.98. The Bertz CT molecular complexity index is 332. The zero-order chi connectivity index (χ0) is 17.8. The quantitative estimate of drug-likeness (QED) is 0.475. The first kappa shape index (κ1) is 21.6. The van der Waals surface area contributed by atoms with Gasteiger partial charge in [0.1, 0.15) is 5.78 Å². The van der Waals surface area contributed by atoms with Crippen LogP contribution in [0.25, 0.3) is 0 Å². The minimum Gasteiger partial charge on any atom is -0.392 e. The van der Waals surface area contributed by atoms with Crippen LogP contribution in [0.2, 0.25) is 0 Å². The first-order valence-corrected chi connectivity index (χ1v) is 10.4. The maximum Gasteiger partial charge on any atom is 0.129 e. The Morgan fingerprint density at radius 2 is 1.42 bits per heavy atom. The maximum atomic E-state index is 10.8. The zero-order valence-electron chi connectivity index (χ0n) is 16.4. The number of aliphatic hydroxyl groups excluding tert-OH is 1. The first-order valence-electron chi connectivity index (χ1n) is 10.4. The van der Waals surface area contributed by atoms with Gasteiger partial charge >= 0.3 is 0 Å². The van der Waals surface area contributed by atoms with E-state index in [1.54, 1.807) is 6.92 Å². The number of likely N-dealkylation sites (N-methyl/N-ethyl adjacent to an activating group) is 1. The van der Waals surface area contributed by atoms with E-state index < -0.39 is 0 Å². The van der Waals surface area contributed by atoms with Crippen molar-refractivity contribution in [2.45, 2.75) is 122 Å². The number of rotatable bonds is 13. The van der Waals surface area contributed by atoms with Crippen LogP contribution in [0.1, 0.15) is 104 Å². The Hall–Kier alpha value is -0.410. The van der Waals surface area contributed by atoms with Crippen LogP contribution in [0.15, 0.2) is 0 Å². The van der Waals surface area contributed by atoms with Crippen molar-refractivity contribution in [2.24, 2.45) is 0 Å². The van der Waals surface area contributed by atoms with E-state index in [9.17, 15) is 9.90 Å². The number of nitrogens with zero attached hydrogens (tertiary/aromatic N) is 1. The van der Waals surface area contributed by atoms with E-state index >= 15 is 0 Å². The van der Waals surface area contributed by atoms with Crippen LogP contribution in [0.3, 0.4) is 0 Å². The molecule has 0 spiro atoms. The third kappa shape index (κ3) is 9.17. The minimum atomic E-state index is -0.131. The molecule has 1 aliphatic rings.